The highest BCUT2D eigenvalue weighted by Gasteiger charge is 2.28. The first-order valence-corrected chi connectivity index (χ1v) is 11.4. The van der Waals surface area contributed by atoms with Crippen LogP contribution in [0.2, 0.25) is 0 Å². The van der Waals surface area contributed by atoms with Gasteiger partial charge in [-0.3, -0.25) is 4.99 Å². The summed E-state index contributed by atoms with van der Waals surface area (Å²) in [5, 5.41) is 3.56. The number of nitrogens with zero attached hydrogens (tertiary/aromatic N) is 3. The monoisotopic (exact) mass is 430 g/mol. The van der Waals surface area contributed by atoms with Gasteiger partial charge in [-0.15, -0.1) is 0 Å². The normalized spacial score (nSPS) is 21.2. The second-order valence-corrected chi connectivity index (χ2v) is 9.50. The molecule has 1 aromatic carbocycles. The van der Waals surface area contributed by atoms with Crippen molar-refractivity contribution >= 4 is 12.1 Å². The van der Waals surface area contributed by atoms with Crippen molar-refractivity contribution in [2.45, 2.75) is 52.2 Å². The molecule has 31 heavy (non-hydrogen) atoms. The number of guanidine groups is 1. The molecule has 2 fully saturated rings. The molecule has 0 saturated carbocycles. The van der Waals surface area contributed by atoms with Crippen molar-refractivity contribution in [3.63, 3.8) is 0 Å². The highest BCUT2D eigenvalue weighted by Crippen LogP contribution is 2.25. The molecular formula is C24H38N4O3. The molecule has 7 heteroatoms. The van der Waals surface area contributed by atoms with Crippen molar-refractivity contribution < 1.29 is 14.3 Å². The van der Waals surface area contributed by atoms with Crippen LogP contribution in [0.3, 0.4) is 0 Å². The SMILES string of the molecule is CN=C(NCC1CCN(C(=O)OC(C)(C)C)CC1)N1CCOC(c2ccccc2C)C1. The van der Waals surface area contributed by atoms with Crippen LogP contribution in [0.15, 0.2) is 29.3 Å². The van der Waals surface area contributed by atoms with Crippen LogP contribution in [0, 0.1) is 12.8 Å². The summed E-state index contributed by atoms with van der Waals surface area (Å²) >= 11 is 0. The number of amides is 1. The van der Waals surface area contributed by atoms with Crippen LogP contribution in [0.4, 0.5) is 4.79 Å². The van der Waals surface area contributed by atoms with Crippen molar-refractivity contribution in [2.24, 2.45) is 10.9 Å². The molecule has 1 atom stereocenters. The first kappa shape index (κ1) is 23.4. The van der Waals surface area contributed by atoms with Gasteiger partial charge in [0.1, 0.15) is 11.7 Å². The Morgan fingerprint density at radius 3 is 2.55 bits per heavy atom. The number of piperidine rings is 1. The zero-order chi connectivity index (χ0) is 22.4. The first-order valence-electron chi connectivity index (χ1n) is 11.4. The number of hydrogen-bond donors (Lipinski definition) is 1. The quantitative estimate of drug-likeness (QED) is 0.586. The Labute approximate surface area is 186 Å². The van der Waals surface area contributed by atoms with Crippen LogP contribution in [0.25, 0.3) is 0 Å². The van der Waals surface area contributed by atoms with E-state index in [9.17, 15) is 4.79 Å². The predicted octanol–water partition coefficient (Wildman–Crippen LogP) is 3.59. The summed E-state index contributed by atoms with van der Waals surface area (Å²) in [4.78, 5) is 20.9. The summed E-state index contributed by atoms with van der Waals surface area (Å²) in [7, 11) is 1.84. The van der Waals surface area contributed by atoms with Gasteiger partial charge in [0.2, 0.25) is 0 Å². The lowest BCUT2D eigenvalue weighted by molar-refractivity contribution is -0.00843. The van der Waals surface area contributed by atoms with E-state index in [-0.39, 0.29) is 12.2 Å². The van der Waals surface area contributed by atoms with Gasteiger partial charge in [0.15, 0.2) is 5.96 Å². The molecule has 7 nitrogen and oxygen atoms in total. The van der Waals surface area contributed by atoms with E-state index in [1.165, 1.54) is 11.1 Å². The Hall–Kier alpha value is -2.28. The third-order valence-corrected chi connectivity index (χ3v) is 5.93. The van der Waals surface area contributed by atoms with E-state index in [0.29, 0.717) is 12.5 Å². The fraction of sp³-hybridized carbons (Fsp3) is 0.667. The minimum Gasteiger partial charge on any atom is -0.444 e. The number of carbonyl (C=O) groups excluding carboxylic acids is 1. The summed E-state index contributed by atoms with van der Waals surface area (Å²) in [6, 6.07) is 8.42. The third-order valence-electron chi connectivity index (χ3n) is 5.93. The van der Waals surface area contributed by atoms with Gasteiger partial charge in [-0.25, -0.2) is 4.79 Å². The van der Waals surface area contributed by atoms with E-state index in [1.54, 1.807) is 0 Å². The molecule has 3 rings (SSSR count). The van der Waals surface area contributed by atoms with Crippen LogP contribution < -0.4 is 5.32 Å². The molecule has 0 radical (unpaired) electrons. The molecule has 0 aromatic heterocycles. The number of morpholine rings is 1. The maximum Gasteiger partial charge on any atom is 0.410 e. The molecule has 2 aliphatic heterocycles. The fourth-order valence-electron chi connectivity index (χ4n) is 4.19. The number of nitrogens with one attached hydrogen (secondary N) is 1. The fourth-order valence-corrected chi connectivity index (χ4v) is 4.19. The number of rotatable bonds is 3. The Morgan fingerprint density at radius 2 is 1.90 bits per heavy atom. The van der Waals surface area contributed by atoms with Crippen LogP contribution in [-0.2, 0) is 9.47 Å². The molecular weight excluding hydrogens is 392 g/mol. The zero-order valence-corrected chi connectivity index (χ0v) is 19.7. The van der Waals surface area contributed by atoms with Gasteiger partial charge in [-0.1, -0.05) is 24.3 Å². The molecule has 1 aromatic rings. The van der Waals surface area contributed by atoms with Gasteiger partial charge in [0.05, 0.1) is 13.2 Å². The lowest BCUT2D eigenvalue weighted by atomic mass is 9.97. The molecule has 2 heterocycles. The summed E-state index contributed by atoms with van der Waals surface area (Å²) in [6.07, 6.45) is 1.80. The van der Waals surface area contributed by atoms with Gasteiger partial charge >= 0.3 is 6.09 Å². The lowest BCUT2D eigenvalue weighted by Gasteiger charge is -2.37. The highest BCUT2D eigenvalue weighted by molar-refractivity contribution is 5.80. The summed E-state index contributed by atoms with van der Waals surface area (Å²) < 4.78 is 11.6. The van der Waals surface area contributed by atoms with Gasteiger partial charge in [-0.2, -0.15) is 0 Å². The molecule has 2 aliphatic rings. The minimum absolute atomic E-state index is 0.0607. The minimum atomic E-state index is -0.448. The second-order valence-electron chi connectivity index (χ2n) is 9.50. The maximum atomic E-state index is 12.3. The van der Waals surface area contributed by atoms with E-state index in [2.05, 4.69) is 46.4 Å². The molecule has 0 bridgehead atoms. The Morgan fingerprint density at radius 1 is 1.19 bits per heavy atom. The summed E-state index contributed by atoms with van der Waals surface area (Å²) in [5.74, 6) is 1.44. The van der Waals surface area contributed by atoms with Crippen molar-refractivity contribution in [3.8, 4) is 0 Å². The number of carbonyl (C=O) groups is 1. The Bertz CT molecular complexity index is 766. The average Bonchev–Trinajstić information content (AvgIpc) is 2.74. The van der Waals surface area contributed by atoms with Crippen molar-refractivity contribution in [1.29, 1.82) is 0 Å². The van der Waals surface area contributed by atoms with Crippen LogP contribution in [0.1, 0.15) is 50.8 Å². The second kappa shape index (κ2) is 10.4. The average molecular weight is 431 g/mol. The van der Waals surface area contributed by atoms with E-state index in [4.69, 9.17) is 9.47 Å². The highest BCUT2D eigenvalue weighted by atomic mass is 16.6. The molecule has 2 saturated heterocycles. The number of benzene rings is 1. The smallest absolute Gasteiger partial charge is 0.410 e. The number of likely N-dealkylation sites (tertiary alicyclic amines) is 1. The Balaban J connectivity index is 1.48. The lowest BCUT2D eigenvalue weighted by Crippen LogP contribution is -2.50. The molecule has 0 aliphatic carbocycles. The van der Waals surface area contributed by atoms with E-state index < -0.39 is 5.60 Å². The largest absolute Gasteiger partial charge is 0.444 e. The van der Waals surface area contributed by atoms with Crippen molar-refractivity contribution in [2.75, 3.05) is 46.4 Å². The topological polar surface area (TPSA) is 66.4 Å². The number of ether oxygens (including phenoxy) is 2. The zero-order valence-electron chi connectivity index (χ0n) is 19.7. The summed E-state index contributed by atoms with van der Waals surface area (Å²) in [5.41, 5.74) is 2.06. The van der Waals surface area contributed by atoms with Crippen LogP contribution >= 0.6 is 0 Å². The van der Waals surface area contributed by atoms with Gasteiger partial charge in [0, 0.05) is 33.2 Å². The van der Waals surface area contributed by atoms with Crippen LogP contribution in [0.5, 0.6) is 0 Å². The van der Waals surface area contributed by atoms with E-state index >= 15 is 0 Å². The first-order chi connectivity index (χ1) is 14.8. The van der Waals surface area contributed by atoms with Gasteiger partial charge in [0.25, 0.3) is 0 Å². The Kier molecular flexibility index (Phi) is 7.81. The number of hydrogen-bond acceptors (Lipinski definition) is 4. The molecule has 1 amide bonds. The van der Waals surface area contributed by atoms with E-state index in [0.717, 1.165) is 51.5 Å². The van der Waals surface area contributed by atoms with Crippen molar-refractivity contribution in [3.05, 3.63) is 35.4 Å². The standard InChI is InChI=1S/C24H38N4O3/c1-18-8-6-7-9-20(18)21-17-28(14-15-30-21)22(25-5)26-16-19-10-12-27(13-11-19)23(29)31-24(2,3)4/h6-9,19,21H,10-17H2,1-5H3,(H,25,26). The molecule has 172 valence electrons. The van der Waals surface area contributed by atoms with Gasteiger partial charge in [-0.05, 0) is 57.6 Å². The van der Waals surface area contributed by atoms with E-state index in [1.807, 2.05) is 32.7 Å². The number of aryl methyl sites for hydroxylation is 1. The summed E-state index contributed by atoms with van der Waals surface area (Å²) in [6.45, 7) is 12.5. The third kappa shape index (κ3) is 6.60. The number of aliphatic imine (C=N–C) groups is 1. The predicted molar refractivity (Wildman–Crippen MR) is 123 cm³/mol. The molecule has 1 unspecified atom stereocenters. The van der Waals surface area contributed by atoms with Crippen LogP contribution in [-0.4, -0.2) is 73.8 Å². The maximum absolute atomic E-state index is 12.3. The molecule has 1 N–H and O–H groups in total. The van der Waals surface area contributed by atoms with Gasteiger partial charge < -0.3 is 24.6 Å². The molecule has 0 spiro atoms. The van der Waals surface area contributed by atoms with Crippen molar-refractivity contribution in [1.82, 2.24) is 15.1 Å².